The molecule has 3 atom stereocenters. The molecule has 1 aliphatic carbocycles. The van der Waals surface area contributed by atoms with Crippen molar-refractivity contribution in [3.8, 4) is 5.75 Å². The summed E-state index contributed by atoms with van der Waals surface area (Å²) in [5.74, 6) is 2.56. The lowest BCUT2D eigenvalue weighted by molar-refractivity contribution is 0.173. The van der Waals surface area contributed by atoms with Crippen molar-refractivity contribution in [2.75, 3.05) is 12.4 Å². The molecular weight excluding hydrogens is 234 g/mol. The topological polar surface area (TPSA) is 21.3 Å². The molecule has 2 heteroatoms. The van der Waals surface area contributed by atoms with Gasteiger partial charge in [-0.15, -0.1) is 0 Å². The minimum Gasteiger partial charge on any atom is -0.495 e. The molecule has 0 saturated heterocycles. The van der Waals surface area contributed by atoms with Crippen molar-refractivity contribution in [2.45, 2.75) is 51.5 Å². The van der Waals surface area contributed by atoms with Gasteiger partial charge in [0.05, 0.1) is 12.8 Å². The van der Waals surface area contributed by atoms with Gasteiger partial charge in [0.1, 0.15) is 5.75 Å². The Morgan fingerprint density at radius 2 is 2.05 bits per heavy atom. The molecule has 1 aliphatic heterocycles. The van der Waals surface area contributed by atoms with Gasteiger partial charge in [-0.3, -0.25) is 0 Å². The molecule has 3 rings (SSSR count). The van der Waals surface area contributed by atoms with Gasteiger partial charge in [-0.1, -0.05) is 39.3 Å². The van der Waals surface area contributed by atoms with Crippen LogP contribution in [0.25, 0.3) is 0 Å². The van der Waals surface area contributed by atoms with Gasteiger partial charge >= 0.3 is 0 Å². The lowest BCUT2D eigenvalue weighted by Crippen LogP contribution is -2.49. The summed E-state index contributed by atoms with van der Waals surface area (Å²) in [5, 5.41) is 3.78. The Morgan fingerprint density at radius 3 is 2.79 bits per heavy atom. The van der Waals surface area contributed by atoms with E-state index in [1.807, 2.05) is 0 Å². The van der Waals surface area contributed by atoms with Gasteiger partial charge in [0.15, 0.2) is 0 Å². The smallest absolute Gasteiger partial charge is 0.142 e. The highest BCUT2D eigenvalue weighted by atomic mass is 16.5. The summed E-state index contributed by atoms with van der Waals surface area (Å²) in [7, 11) is 1.76. The third kappa shape index (κ3) is 1.92. The van der Waals surface area contributed by atoms with Crippen molar-refractivity contribution in [2.24, 2.45) is 11.8 Å². The molecule has 0 bridgehead atoms. The molecule has 1 aromatic rings. The summed E-state index contributed by atoms with van der Waals surface area (Å²) in [6.45, 7) is 7.18. The Bertz CT molecular complexity index is 480. The molecule has 19 heavy (non-hydrogen) atoms. The first-order chi connectivity index (χ1) is 9.04. The van der Waals surface area contributed by atoms with Crippen LogP contribution in [0.15, 0.2) is 18.2 Å². The van der Waals surface area contributed by atoms with Crippen LogP contribution in [-0.4, -0.2) is 13.2 Å². The molecule has 1 aromatic carbocycles. The van der Waals surface area contributed by atoms with Gasteiger partial charge < -0.3 is 10.1 Å². The fourth-order valence-electron chi connectivity index (χ4n) is 4.18. The second-order valence-electron chi connectivity index (χ2n) is 6.88. The van der Waals surface area contributed by atoms with E-state index < -0.39 is 0 Å². The molecule has 0 spiro atoms. The quantitative estimate of drug-likeness (QED) is 0.816. The Kier molecular flexibility index (Phi) is 2.99. The van der Waals surface area contributed by atoms with Crippen LogP contribution in [0.5, 0.6) is 5.75 Å². The molecule has 2 nitrogen and oxygen atoms in total. The number of anilines is 1. The van der Waals surface area contributed by atoms with Gasteiger partial charge in [-0.05, 0) is 41.7 Å². The van der Waals surface area contributed by atoms with E-state index in [4.69, 9.17) is 4.74 Å². The summed E-state index contributed by atoms with van der Waals surface area (Å²) in [5.41, 5.74) is 2.88. The zero-order valence-electron chi connectivity index (χ0n) is 12.5. The first-order valence-corrected chi connectivity index (χ1v) is 7.48. The normalized spacial score (nSPS) is 31.9. The van der Waals surface area contributed by atoms with Crippen LogP contribution in [0.3, 0.4) is 0 Å². The monoisotopic (exact) mass is 259 g/mol. The minimum atomic E-state index is 0.236. The maximum atomic E-state index is 5.55. The largest absolute Gasteiger partial charge is 0.495 e. The van der Waals surface area contributed by atoms with Crippen molar-refractivity contribution < 1.29 is 4.74 Å². The fraction of sp³-hybridized carbons (Fsp3) is 0.647. The van der Waals surface area contributed by atoms with E-state index in [0.717, 1.165) is 17.6 Å². The average molecular weight is 259 g/mol. The maximum absolute atomic E-state index is 5.55. The summed E-state index contributed by atoms with van der Waals surface area (Å²) < 4.78 is 5.55. The van der Waals surface area contributed by atoms with Crippen molar-refractivity contribution >= 4 is 5.69 Å². The maximum Gasteiger partial charge on any atom is 0.142 e. The molecule has 104 valence electrons. The summed E-state index contributed by atoms with van der Waals surface area (Å²) in [4.78, 5) is 0. The lowest BCUT2D eigenvalue weighted by atomic mass is 9.61. The van der Waals surface area contributed by atoms with Crippen molar-refractivity contribution in [3.05, 3.63) is 23.8 Å². The number of hydrogen-bond acceptors (Lipinski definition) is 2. The number of methoxy groups -OCH3 is 1. The highest BCUT2D eigenvalue weighted by Gasteiger charge is 2.45. The molecule has 0 radical (unpaired) electrons. The molecule has 1 saturated carbocycles. The summed E-state index contributed by atoms with van der Waals surface area (Å²) in [6, 6.07) is 7.04. The van der Waals surface area contributed by atoms with Gasteiger partial charge in [0.2, 0.25) is 0 Å². The predicted octanol–water partition coefficient (Wildman–Crippen LogP) is 4.20. The average Bonchev–Trinajstić information content (AvgIpc) is 2.37. The Labute approximate surface area is 116 Å². The molecule has 0 amide bonds. The number of benzene rings is 1. The van der Waals surface area contributed by atoms with Gasteiger partial charge in [0.25, 0.3) is 0 Å². The van der Waals surface area contributed by atoms with Gasteiger partial charge in [-0.25, -0.2) is 0 Å². The van der Waals surface area contributed by atoms with E-state index >= 15 is 0 Å². The highest BCUT2D eigenvalue weighted by molar-refractivity contribution is 5.67. The Balaban J connectivity index is 2.07. The standard InChI is InChI=1S/C17H25NO/c1-11-8-9-12-14(10-11)18-16-13(17(12,2)3)6-5-7-15(16)19-4/h5-7,11-12,14,18H,8-10H2,1-4H3/t11-,12-,14+/m1/s1. The number of nitrogens with one attached hydrogen (secondary N) is 1. The first kappa shape index (κ1) is 12.8. The molecule has 1 N–H and O–H groups in total. The summed E-state index contributed by atoms with van der Waals surface area (Å²) >= 11 is 0. The van der Waals surface area contributed by atoms with Crippen LogP contribution in [0.4, 0.5) is 5.69 Å². The second-order valence-corrected chi connectivity index (χ2v) is 6.88. The van der Waals surface area contributed by atoms with Gasteiger partial charge in [-0.2, -0.15) is 0 Å². The van der Waals surface area contributed by atoms with Crippen LogP contribution in [-0.2, 0) is 5.41 Å². The molecular formula is C17H25NO. The summed E-state index contributed by atoms with van der Waals surface area (Å²) in [6.07, 6.45) is 3.99. The third-order valence-electron chi connectivity index (χ3n) is 5.31. The zero-order valence-corrected chi connectivity index (χ0v) is 12.5. The highest BCUT2D eigenvalue weighted by Crippen LogP contribution is 2.51. The van der Waals surface area contributed by atoms with Gasteiger partial charge in [0, 0.05) is 6.04 Å². The Hall–Kier alpha value is -1.18. The molecule has 2 aliphatic rings. The number of ether oxygens (including phenoxy) is 1. The Morgan fingerprint density at radius 1 is 1.26 bits per heavy atom. The van der Waals surface area contributed by atoms with Crippen LogP contribution in [0.1, 0.15) is 45.6 Å². The van der Waals surface area contributed by atoms with E-state index in [0.29, 0.717) is 6.04 Å². The lowest BCUT2D eigenvalue weighted by Gasteiger charge is -2.50. The number of fused-ring (bicyclic) bond motifs is 2. The van der Waals surface area contributed by atoms with Crippen LogP contribution in [0, 0.1) is 11.8 Å². The molecule has 1 fully saturated rings. The van der Waals surface area contributed by atoms with E-state index in [1.165, 1.54) is 30.5 Å². The zero-order chi connectivity index (χ0) is 13.6. The van der Waals surface area contributed by atoms with Crippen LogP contribution in [0.2, 0.25) is 0 Å². The SMILES string of the molecule is COc1cccc2c1N[C@H]1C[C@H](C)CC[C@H]1C2(C)C. The van der Waals surface area contributed by atoms with E-state index in [9.17, 15) is 0 Å². The number of hydrogen-bond donors (Lipinski definition) is 1. The van der Waals surface area contributed by atoms with Crippen LogP contribution >= 0.6 is 0 Å². The van der Waals surface area contributed by atoms with E-state index in [1.54, 1.807) is 7.11 Å². The predicted molar refractivity (Wildman–Crippen MR) is 79.9 cm³/mol. The minimum absolute atomic E-state index is 0.236. The van der Waals surface area contributed by atoms with E-state index in [2.05, 4.69) is 44.3 Å². The van der Waals surface area contributed by atoms with Crippen molar-refractivity contribution in [3.63, 3.8) is 0 Å². The number of rotatable bonds is 1. The van der Waals surface area contributed by atoms with Crippen molar-refractivity contribution in [1.82, 2.24) is 0 Å². The molecule has 0 unspecified atom stereocenters. The van der Waals surface area contributed by atoms with Crippen molar-refractivity contribution in [1.29, 1.82) is 0 Å². The number of para-hydroxylation sites is 1. The van der Waals surface area contributed by atoms with Crippen LogP contribution < -0.4 is 10.1 Å². The van der Waals surface area contributed by atoms with E-state index in [-0.39, 0.29) is 5.41 Å². The second kappa shape index (κ2) is 4.43. The fourth-order valence-corrected chi connectivity index (χ4v) is 4.18. The molecule has 1 heterocycles. The first-order valence-electron chi connectivity index (χ1n) is 7.48. The molecule has 0 aromatic heterocycles. The third-order valence-corrected chi connectivity index (χ3v) is 5.31.